The minimum absolute atomic E-state index is 0.103. The molecule has 0 atom stereocenters. The highest BCUT2D eigenvalue weighted by molar-refractivity contribution is 5.76. The molecule has 0 aromatic heterocycles. The summed E-state index contributed by atoms with van der Waals surface area (Å²) < 4.78 is 5.22. The molecule has 5 heteroatoms. The number of rotatable bonds is 5. The van der Waals surface area contributed by atoms with Gasteiger partial charge in [0.1, 0.15) is 0 Å². The number of nitrogens with zero attached hydrogens (tertiary/aromatic N) is 1. The number of ether oxygens (including phenoxy) is 1. The van der Waals surface area contributed by atoms with Crippen LogP contribution < -0.4 is 10.7 Å². The molecule has 1 saturated heterocycles. The van der Waals surface area contributed by atoms with E-state index < -0.39 is 0 Å². The summed E-state index contributed by atoms with van der Waals surface area (Å²) in [6.07, 6.45) is 0.523. The van der Waals surface area contributed by atoms with Crippen LogP contribution in [-0.4, -0.2) is 49.8 Å². The van der Waals surface area contributed by atoms with E-state index in [0.29, 0.717) is 13.0 Å². The molecule has 0 spiro atoms. The maximum Gasteiger partial charge on any atom is 0.221 e. The quantitative estimate of drug-likeness (QED) is 0.663. The Hall–Kier alpha value is -0.650. The molecule has 15 heavy (non-hydrogen) atoms. The molecule has 0 aromatic carbocycles. The Morgan fingerprint density at radius 1 is 1.40 bits per heavy atom. The standard InChI is InChI=1S/C10H21N3O2/c1-9(2)12-10(14)3-4-11-13-5-7-15-8-6-13/h9,11H,3-8H2,1-2H3,(H,12,14). The second-order valence-corrected chi connectivity index (χ2v) is 3.98. The zero-order valence-electron chi connectivity index (χ0n) is 9.58. The van der Waals surface area contributed by atoms with Gasteiger partial charge in [0, 0.05) is 32.1 Å². The molecular weight excluding hydrogens is 194 g/mol. The zero-order valence-corrected chi connectivity index (χ0v) is 9.58. The molecule has 1 amide bonds. The maximum atomic E-state index is 11.3. The van der Waals surface area contributed by atoms with Crippen molar-refractivity contribution in [2.24, 2.45) is 0 Å². The molecule has 1 aliphatic heterocycles. The van der Waals surface area contributed by atoms with Gasteiger partial charge < -0.3 is 10.1 Å². The van der Waals surface area contributed by atoms with Crippen molar-refractivity contribution >= 4 is 5.91 Å². The number of amides is 1. The smallest absolute Gasteiger partial charge is 0.221 e. The number of carbonyl (C=O) groups is 1. The predicted molar refractivity (Wildman–Crippen MR) is 58.3 cm³/mol. The summed E-state index contributed by atoms with van der Waals surface area (Å²) in [6, 6.07) is 0.223. The highest BCUT2D eigenvalue weighted by atomic mass is 16.5. The number of morpholine rings is 1. The molecular formula is C10H21N3O2. The van der Waals surface area contributed by atoms with E-state index >= 15 is 0 Å². The van der Waals surface area contributed by atoms with Gasteiger partial charge in [0.15, 0.2) is 0 Å². The molecule has 1 heterocycles. The lowest BCUT2D eigenvalue weighted by atomic mass is 10.3. The van der Waals surface area contributed by atoms with Gasteiger partial charge in [0.05, 0.1) is 13.2 Å². The largest absolute Gasteiger partial charge is 0.379 e. The van der Waals surface area contributed by atoms with Crippen molar-refractivity contribution in [1.82, 2.24) is 15.8 Å². The molecule has 0 bridgehead atoms. The van der Waals surface area contributed by atoms with Gasteiger partial charge in [-0.25, -0.2) is 5.01 Å². The lowest BCUT2D eigenvalue weighted by molar-refractivity contribution is -0.121. The number of hydrogen-bond donors (Lipinski definition) is 2. The monoisotopic (exact) mass is 215 g/mol. The van der Waals surface area contributed by atoms with E-state index in [9.17, 15) is 4.79 Å². The summed E-state index contributed by atoms with van der Waals surface area (Å²) >= 11 is 0. The third kappa shape index (κ3) is 5.71. The minimum Gasteiger partial charge on any atom is -0.379 e. The lowest BCUT2D eigenvalue weighted by Crippen LogP contribution is -2.46. The Balaban J connectivity index is 2.02. The summed E-state index contributed by atoms with van der Waals surface area (Å²) in [5, 5.41) is 4.96. The third-order valence-corrected chi connectivity index (χ3v) is 2.15. The van der Waals surface area contributed by atoms with Gasteiger partial charge >= 0.3 is 0 Å². The van der Waals surface area contributed by atoms with E-state index in [-0.39, 0.29) is 11.9 Å². The molecule has 1 aliphatic rings. The fraction of sp³-hybridized carbons (Fsp3) is 0.900. The van der Waals surface area contributed by atoms with Crippen LogP contribution in [0.25, 0.3) is 0 Å². The van der Waals surface area contributed by atoms with Gasteiger partial charge in [-0.05, 0) is 13.8 Å². The first-order valence-electron chi connectivity index (χ1n) is 5.54. The molecule has 5 nitrogen and oxygen atoms in total. The Kier molecular flexibility index (Phi) is 5.60. The van der Waals surface area contributed by atoms with E-state index in [1.807, 2.05) is 13.8 Å². The van der Waals surface area contributed by atoms with Crippen LogP contribution in [0.2, 0.25) is 0 Å². The van der Waals surface area contributed by atoms with E-state index in [1.165, 1.54) is 0 Å². The van der Waals surface area contributed by atoms with Crippen molar-refractivity contribution in [3.63, 3.8) is 0 Å². The van der Waals surface area contributed by atoms with Crippen LogP contribution in [0.5, 0.6) is 0 Å². The first-order chi connectivity index (χ1) is 7.18. The average molecular weight is 215 g/mol. The molecule has 1 fully saturated rings. The number of carbonyl (C=O) groups excluding carboxylic acids is 1. The van der Waals surface area contributed by atoms with Crippen LogP contribution in [0.4, 0.5) is 0 Å². The normalized spacial score (nSPS) is 18.1. The number of hydrazine groups is 1. The Morgan fingerprint density at radius 2 is 2.07 bits per heavy atom. The van der Waals surface area contributed by atoms with Crippen LogP contribution in [0.1, 0.15) is 20.3 Å². The van der Waals surface area contributed by atoms with Crippen LogP contribution in [0, 0.1) is 0 Å². The van der Waals surface area contributed by atoms with Crippen molar-refractivity contribution in [2.75, 3.05) is 32.8 Å². The molecule has 1 rings (SSSR count). The molecule has 2 N–H and O–H groups in total. The van der Waals surface area contributed by atoms with Gasteiger partial charge in [0.2, 0.25) is 5.91 Å². The van der Waals surface area contributed by atoms with Gasteiger partial charge in [-0.2, -0.15) is 0 Å². The van der Waals surface area contributed by atoms with Crippen LogP contribution in [-0.2, 0) is 9.53 Å². The fourth-order valence-corrected chi connectivity index (χ4v) is 1.44. The SMILES string of the molecule is CC(C)NC(=O)CCNN1CCOCC1. The van der Waals surface area contributed by atoms with E-state index in [0.717, 1.165) is 26.3 Å². The first-order valence-corrected chi connectivity index (χ1v) is 5.54. The second kappa shape index (κ2) is 6.76. The molecule has 0 radical (unpaired) electrons. The summed E-state index contributed by atoms with van der Waals surface area (Å²) in [6.45, 7) is 7.95. The number of hydrogen-bond acceptors (Lipinski definition) is 4. The third-order valence-electron chi connectivity index (χ3n) is 2.15. The van der Waals surface area contributed by atoms with Gasteiger partial charge in [-0.15, -0.1) is 0 Å². The Labute approximate surface area is 91.1 Å². The van der Waals surface area contributed by atoms with E-state index in [1.54, 1.807) is 0 Å². The predicted octanol–water partition coefficient (Wildman–Crippen LogP) is -0.262. The lowest BCUT2D eigenvalue weighted by Gasteiger charge is -2.27. The Bertz CT molecular complexity index is 191. The summed E-state index contributed by atoms with van der Waals surface area (Å²) in [4.78, 5) is 11.3. The minimum atomic E-state index is 0.103. The van der Waals surface area contributed by atoms with Crippen molar-refractivity contribution in [3.8, 4) is 0 Å². The first kappa shape index (κ1) is 12.4. The van der Waals surface area contributed by atoms with Crippen LogP contribution >= 0.6 is 0 Å². The second-order valence-electron chi connectivity index (χ2n) is 3.98. The highest BCUT2D eigenvalue weighted by Gasteiger charge is 2.09. The van der Waals surface area contributed by atoms with Crippen LogP contribution in [0.3, 0.4) is 0 Å². The highest BCUT2D eigenvalue weighted by Crippen LogP contribution is 1.92. The summed E-state index contributed by atoms with van der Waals surface area (Å²) in [5.41, 5.74) is 3.22. The van der Waals surface area contributed by atoms with Gasteiger partial charge in [-0.1, -0.05) is 0 Å². The van der Waals surface area contributed by atoms with Crippen molar-refractivity contribution in [3.05, 3.63) is 0 Å². The molecule has 0 aliphatic carbocycles. The fourth-order valence-electron chi connectivity index (χ4n) is 1.44. The summed E-state index contributed by atoms with van der Waals surface area (Å²) in [7, 11) is 0. The van der Waals surface area contributed by atoms with Crippen LogP contribution in [0.15, 0.2) is 0 Å². The number of nitrogens with one attached hydrogen (secondary N) is 2. The van der Waals surface area contributed by atoms with Crippen molar-refractivity contribution in [2.45, 2.75) is 26.3 Å². The average Bonchev–Trinajstić information content (AvgIpc) is 2.18. The van der Waals surface area contributed by atoms with E-state index in [4.69, 9.17) is 4.74 Å². The van der Waals surface area contributed by atoms with E-state index in [2.05, 4.69) is 15.8 Å². The molecule has 0 saturated carbocycles. The summed E-state index contributed by atoms with van der Waals surface area (Å²) in [5.74, 6) is 0.103. The topological polar surface area (TPSA) is 53.6 Å². The molecule has 0 aromatic rings. The van der Waals surface area contributed by atoms with Gasteiger partial charge in [-0.3, -0.25) is 10.2 Å². The molecule has 0 unspecified atom stereocenters. The van der Waals surface area contributed by atoms with Crippen molar-refractivity contribution < 1.29 is 9.53 Å². The Morgan fingerprint density at radius 3 is 2.67 bits per heavy atom. The zero-order chi connectivity index (χ0) is 11.1. The molecule has 88 valence electrons. The maximum absolute atomic E-state index is 11.3. The van der Waals surface area contributed by atoms with Gasteiger partial charge in [0.25, 0.3) is 0 Å². The van der Waals surface area contributed by atoms with Crippen molar-refractivity contribution in [1.29, 1.82) is 0 Å².